The van der Waals surface area contributed by atoms with Gasteiger partial charge in [0.2, 0.25) is 5.91 Å². The molecular formula is C29H27ClIN3O5. The number of hydrogen-bond acceptors (Lipinski definition) is 5. The number of para-hydroxylation sites is 1. The number of rotatable bonds is 10. The zero-order valence-electron chi connectivity index (χ0n) is 21.4. The lowest BCUT2D eigenvalue weighted by atomic mass is 10.1. The van der Waals surface area contributed by atoms with Crippen molar-refractivity contribution >= 4 is 63.8 Å². The Morgan fingerprint density at radius 1 is 1.05 bits per heavy atom. The number of carbonyl (C=O) groups excluding carboxylic acids is 3. The minimum atomic E-state index is -0.662. The van der Waals surface area contributed by atoms with Crippen LogP contribution >= 0.6 is 34.2 Å². The molecule has 3 aromatic rings. The van der Waals surface area contributed by atoms with Gasteiger partial charge in [-0.15, -0.1) is 0 Å². The molecule has 1 fully saturated rings. The van der Waals surface area contributed by atoms with Gasteiger partial charge in [-0.3, -0.25) is 9.59 Å². The molecule has 4 rings (SSSR count). The lowest BCUT2D eigenvalue weighted by molar-refractivity contribution is -0.127. The quantitative estimate of drug-likeness (QED) is 0.158. The van der Waals surface area contributed by atoms with Gasteiger partial charge in [-0.1, -0.05) is 54.9 Å². The molecule has 0 aromatic heterocycles. The van der Waals surface area contributed by atoms with Crippen LogP contribution in [-0.2, 0) is 22.6 Å². The van der Waals surface area contributed by atoms with Crippen LogP contribution in [0.5, 0.6) is 11.5 Å². The summed E-state index contributed by atoms with van der Waals surface area (Å²) in [6.07, 6.45) is 2.28. The third-order valence-corrected chi connectivity index (χ3v) is 7.08. The van der Waals surface area contributed by atoms with Gasteiger partial charge < -0.3 is 20.1 Å². The van der Waals surface area contributed by atoms with E-state index >= 15 is 0 Å². The van der Waals surface area contributed by atoms with Crippen LogP contribution in [0.3, 0.4) is 0 Å². The van der Waals surface area contributed by atoms with Crippen molar-refractivity contribution in [1.29, 1.82) is 0 Å². The SMILES string of the molecule is CCOc1cc(/C=C2/NC(=O)N(CC(=O)Nc3ccccc3CC)C2=O)cc(I)c1OCc1ccccc1Cl. The molecule has 8 nitrogen and oxygen atoms in total. The van der Waals surface area contributed by atoms with E-state index in [4.69, 9.17) is 21.1 Å². The number of halogens is 2. The monoisotopic (exact) mass is 659 g/mol. The number of carbonyl (C=O) groups is 3. The summed E-state index contributed by atoms with van der Waals surface area (Å²) in [7, 11) is 0. The van der Waals surface area contributed by atoms with Crippen LogP contribution in [0.15, 0.2) is 66.4 Å². The molecule has 202 valence electrons. The van der Waals surface area contributed by atoms with Crippen molar-refractivity contribution in [1.82, 2.24) is 10.2 Å². The lowest BCUT2D eigenvalue weighted by Crippen LogP contribution is -2.38. The minimum Gasteiger partial charge on any atom is -0.490 e. The molecular weight excluding hydrogens is 633 g/mol. The first-order chi connectivity index (χ1) is 18.8. The fourth-order valence-corrected chi connectivity index (χ4v) is 4.98. The van der Waals surface area contributed by atoms with Gasteiger partial charge >= 0.3 is 6.03 Å². The van der Waals surface area contributed by atoms with Crippen LogP contribution in [0.1, 0.15) is 30.5 Å². The van der Waals surface area contributed by atoms with Crippen LogP contribution in [-0.4, -0.2) is 35.9 Å². The first-order valence-corrected chi connectivity index (χ1v) is 13.8. The number of imide groups is 1. The predicted molar refractivity (Wildman–Crippen MR) is 159 cm³/mol. The molecule has 1 aliphatic heterocycles. The summed E-state index contributed by atoms with van der Waals surface area (Å²) in [5, 5.41) is 5.95. The second-order valence-corrected chi connectivity index (χ2v) is 10.2. The third kappa shape index (κ3) is 6.90. The summed E-state index contributed by atoms with van der Waals surface area (Å²) in [4.78, 5) is 39.1. The largest absolute Gasteiger partial charge is 0.490 e. The van der Waals surface area contributed by atoms with Gasteiger partial charge in [0.1, 0.15) is 18.8 Å². The molecule has 0 atom stereocenters. The second kappa shape index (κ2) is 13.0. The highest BCUT2D eigenvalue weighted by molar-refractivity contribution is 14.1. The van der Waals surface area contributed by atoms with Crippen LogP contribution < -0.4 is 20.1 Å². The Bertz CT molecular complexity index is 1440. The summed E-state index contributed by atoms with van der Waals surface area (Å²) < 4.78 is 12.6. The topological polar surface area (TPSA) is 97.0 Å². The third-order valence-electron chi connectivity index (χ3n) is 5.91. The second-order valence-electron chi connectivity index (χ2n) is 8.58. The Hall–Kier alpha value is -3.57. The van der Waals surface area contributed by atoms with E-state index < -0.39 is 24.4 Å². The smallest absolute Gasteiger partial charge is 0.329 e. The highest BCUT2D eigenvalue weighted by Gasteiger charge is 2.35. The van der Waals surface area contributed by atoms with E-state index in [0.29, 0.717) is 34.4 Å². The van der Waals surface area contributed by atoms with Gasteiger partial charge in [0.05, 0.1) is 10.2 Å². The molecule has 0 bridgehead atoms. The number of anilines is 1. The molecule has 2 N–H and O–H groups in total. The van der Waals surface area contributed by atoms with Crippen molar-refractivity contribution in [2.24, 2.45) is 0 Å². The van der Waals surface area contributed by atoms with E-state index in [-0.39, 0.29) is 12.3 Å². The predicted octanol–water partition coefficient (Wildman–Crippen LogP) is 6.02. The fourth-order valence-electron chi connectivity index (χ4n) is 4.01. The van der Waals surface area contributed by atoms with Gasteiger partial charge in [-0.05, 0) is 77.4 Å². The molecule has 0 radical (unpaired) electrons. The van der Waals surface area contributed by atoms with Crippen molar-refractivity contribution in [2.75, 3.05) is 18.5 Å². The highest BCUT2D eigenvalue weighted by Crippen LogP contribution is 2.36. The molecule has 0 unspecified atom stereocenters. The van der Waals surface area contributed by atoms with Gasteiger partial charge in [-0.25, -0.2) is 9.69 Å². The number of hydrogen-bond donors (Lipinski definition) is 2. The number of urea groups is 1. The number of nitrogens with zero attached hydrogens (tertiary/aromatic N) is 1. The van der Waals surface area contributed by atoms with Crippen molar-refractivity contribution in [3.8, 4) is 11.5 Å². The maximum Gasteiger partial charge on any atom is 0.329 e. The van der Waals surface area contributed by atoms with Crippen LogP contribution in [0.25, 0.3) is 6.08 Å². The number of amides is 4. The van der Waals surface area contributed by atoms with E-state index in [2.05, 4.69) is 33.2 Å². The molecule has 0 saturated carbocycles. The number of aryl methyl sites for hydroxylation is 1. The van der Waals surface area contributed by atoms with Crippen LogP contribution in [0.4, 0.5) is 10.5 Å². The average Bonchev–Trinajstić information content (AvgIpc) is 3.16. The summed E-state index contributed by atoms with van der Waals surface area (Å²) in [5.41, 5.74) is 3.14. The zero-order valence-corrected chi connectivity index (χ0v) is 24.3. The Kier molecular flexibility index (Phi) is 9.47. The standard InChI is InChI=1S/C29H27ClIN3O5/c1-3-19-9-6-8-12-23(19)32-26(35)16-34-28(36)24(33-29(34)37)14-18-13-22(31)27(25(15-18)38-4-2)39-17-20-10-5-7-11-21(20)30/h5-15H,3-4,16-17H2,1-2H3,(H,32,35)(H,33,37)/b24-14+. The molecule has 3 aromatic carbocycles. The first-order valence-electron chi connectivity index (χ1n) is 12.4. The van der Waals surface area contributed by atoms with Crippen LogP contribution in [0.2, 0.25) is 5.02 Å². The molecule has 0 aliphatic carbocycles. The minimum absolute atomic E-state index is 0.0599. The van der Waals surface area contributed by atoms with E-state index in [1.807, 2.05) is 56.3 Å². The maximum absolute atomic E-state index is 13.0. The van der Waals surface area contributed by atoms with Crippen molar-refractivity contribution < 1.29 is 23.9 Å². The van der Waals surface area contributed by atoms with E-state index in [9.17, 15) is 14.4 Å². The van der Waals surface area contributed by atoms with Gasteiger partial charge in [0.15, 0.2) is 11.5 Å². The number of benzene rings is 3. The molecule has 1 heterocycles. The average molecular weight is 660 g/mol. The molecule has 1 saturated heterocycles. The lowest BCUT2D eigenvalue weighted by Gasteiger charge is -2.15. The van der Waals surface area contributed by atoms with Crippen molar-refractivity contribution in [2.45, 2.75) is 26.9 Å². The van der Waals surface area contributed by atoms with Crippen molar-refractivity contribution in [3.63, 3.8) is 0 Å². The molecule has 1 aliphatic rings. The Morgan fingerprint density at radius 3 is 2.49 bits per heavy atom. The Balaban J connectivity index is 1.50. The fraction of sp³-hybridized carbons (Fsp3) is 0.207. The Labute approximate surface area is 245 Å². The summed E-state index contributed by atoms with van der Waals surface area (Å²) in [6.45, 7) is 4.09. The number of ether oxygens (including phenoxy) is 2. The van der Waals surface area contributed by atoms with E-state index in [0.717, 1.165) is 26.0 Å². The molecule has 39 heavy (non-hydrogen) atoms. The summed E-state index contributed by atoms with van der Waals surface area (Å²) in [6, 6.07) is 17.7. The van der Waals surface area contributed by atoms with Gasteiger partial charge in [0.25, 0.3) is 5.91 Å². The van der Waals surface area contributed by atoms with E-state index in [1.165, 1.54) is 0 Å². The van der Waals surface area contributed by atoms with Gasteiger partial charge in [0, 0.05) is 16.3 Å². The normalized spacial score (nSPS) is 13.9. The molecule has 4 amide bonds. The summed E-state index contributed by atoms with van der Waals surface area (Å²) in [5.74, 6) is -0.0161. The van der Waals surface area contributed by atoms with Gasteiger partial charge in [-0.2, -0.15) is 0 Å². The number of nitrogens with one attached hydrogen (secondary N) is 2. The van der Waals surface area contributed by atoms with Crippen LogP contribution in [0, 0.1) is 3.57 Å². The maximum atomic E-state index is 13.0. The summed E-state index contributed by atoms with van der Waals surface area (Å²) >= 11 is 8.39. The van der Waals surface area contributed by atoms with E-state index in [1.54, 1.807) is 24.3 Å². The first kappa shape index (κ1) is 28.4. The Morgan fingerprint density at radius 2 is 1.77 bits per heavy atom. The molecule has 10 heteroatoms. The molecule has 0 spiro atoms. The zero-order chi connectivity index (χ0) is 27.9. The van der Waals surface area contributed by atoms with Crippen molar-refractivity contribution in [3.05, 3.63) is 91.6 Å². The highest BCUT2D eigenvalue weighted by atomic mass is 127.